The predicted molar refractivity (Wildman–Crippen MR) is 115 cm³/mol. The molecule has 4 heterocycles. The standard InChI is InChI=1S/C22H23N7O2/c1-27-22(31)29-10-9-17(7-8-19(29)26-27)25-21(30)16-11-18-20(23-12-16)28(14-24-18)13-15-5-3-2-4-6-15/h2-6,11-12,14,17H,7-10,13H2,1H3,(H,25,30). The number of hydrogen-bond donors (Lipinski definition) is 1. The maximum atomic E-state index is 12.8. The van der Waals surface area contributed by atoms with Gasteiger partial charge < -0.3 is 9.88 Å². The van der Waals surface area contributed by atoms with E-state index in [-0.39, 0.29) is 17.6 Å². The van der Waals surface area contributed by atoms with Gasteiger partial charge in [-0.3, -0.25) is 9.36 Å². The lowest BCUT2D eigenvalue weighted by Gasteiger charge is -2.16. The van der Waals surface area contributed by atoms with Gasteiger partial charge >= 0.3 is 5.69 Å². The Morgan fingerprint density at radius 3 is 2.87 bits per heavy atom. The van der Waals surface area contributed by atoms with Crippen molar-refractivity contribution >= 4 is 17.1 Å². The van der Waals surface area contributed by atoms with Crippen LogP contribution in [0, 0.1) is 0 Å². The lowest BCUT2D eigenvalue weighted by Crippen LogP contribution is -2.35. The first kappa shape index (κ1) is 19.2. The Hall–Kier alpha value is -3.75. The van der Waals surface area contributed by atoms with E-state index in [9.17, 15) is 9.59 Å². The molecule has 0 spiro atoms. The van der Waals surface area contributed by atoms with Gasteiger partial charge in [0, 0.05) is 32.3 Å². The Morgan fingerprint density at radius 1 is 1.19 bits per heavy atom. The number of aromatic nitrogens is 6. The van der Waals surface area contributed by atoms with Gasteiger partial charge in [0.25, 0.3) is 5.91 Å². The number of benzene rings is 1. The first-order chi connectivity index (χ1) is 15.1. The molecule has 158 valence electrons. The van der Waals surface area contributed by atoms with Crippen LogP contribution in [0.5, 0.6) is 0 Å². The van der Waals surface area contributed by atoms with E-state index in [1.165, 1.54) is 4.68 Å². The summed E-state index contributed by atoms with van der Waals surface area (Å²) in [4.78, 5) is 33.9. The summed E-state index contributed by atoms with van der Waals surface area (Å²) in [6, 6.07) is 11.9. The average molecular weight is 417 g/mol. The van der Waals surface area contributed by atoms with E-state index in [0.29, 0.717) is 37.0 Å². The highest BCUT2D eigenvalue weighted by Gasteiger charge is 2.22. The summed E-state index contributed by atoms with van der Waals surface area (Å²) in [6.07, 6.45) is 5.43. The highest BCUT2D eigenvalue weighted by atomic mass is 16.2. The molecule has 1 amide bonds. The lowest BCUT2D eigenvalue weighted by molar-refractivity contribution is 0.0932. The third kappa shape index (κ3) is 3.74. The molecular formula is C22H23N7O2. The van der Waals surface area contributed by atoms with Crippen LogP contribution in [-0.4, -0.2) is 40.8 Å². The van der Waals surface area contributed by atoms with Crippen molar-refractivity contribution in [1.82, 2.24) is 34.2 Å². The van der Waals surface area contributed by atoms with Gasteiger partial charge in [-0.2, -0.15) is 5.10 Å². The predicted octanol–water partition coefficient (Wildman–Crippen LogP) is 1.51. The maximum absolute atomic E-state index is 12.8. The molecular weight excluding hydrogens is 394 g/mol. The maximum Gasteiger partial charge on any atom is 0.345 e. The Balaban J connectivity index is 1.28. The molecule has 1 unspecified atom stereocenters. The fraction of sp³-hybridized carbons (Fsp3) is 0.318. The highest BCUT2D eigenvalue weighted by Crippen LogP contribution is 2.16. The number of amides is 1. The number of carbonyl (C=O) groups excluding carboxylic acids is 1. The van der Waals surface area contributed by atoms with Crippen molar-refractivity contribution in [3.8, 4) is 0 Å². The van der Waals surface area contributed by atoms with Gasteiger partial charge in [-0.15, -0.1) is 0 Å². The highest BCUT2D eigenvalue weighted by molar-refractivity contribution is 5.96. The SMILES string of the molecule is Cn1nc2n(c1=O)CCC(NC(=O)c1cnc3c(c1)ncn3Cc1ccccc1)CC2. The molecule has 0 saturated carbocycles. The Bertz CT molecular complexity index is 1300. The van der Waals surface area contributed by atoms with Gasteiger partial charge in [-0.25, -0.2) is 19.4 Å². The molecule has 9 nitrogen and oxygen atoms in total. The molecule has 1 atom stereocenters. The van der Waals surface area contributed by atoms with Gasteiger partial charge in [0.15, 0.2) is 5.65 Å². The fourth-order valence-electron chi connectivity index (χ4n) is 4.08. The molecule has 0 saturated heterocycles. The van der Waals surface area contributed by atoms with Crippen LogP contribution in [0.3, 0.4) is 0 Å². The van der Waals surface area contributed by atoms with Crippen LogP contribution in [0.4, 0.5) is 0 Å². The molecule has 1 aliphatic heterocycles. The van der Waals surface area contributed by atoms with Gasteiger partial charge in [-0.1, -0.05) is 30.3 Å². The summed E-state index contributed by atoms with van der Waals surface area (Å²) in [5, 5.41) is 7.36. The van der Waals surface area contributed by atoms with Gasteiger partial charge in [-0.05, 0) is 24.5 Å². The summed E-state index contributed by atoms with van der Waals surface area (Å²) in [6.45, 7) is 1.22. The van der Waals surface area contributed by atoms with Gasteiger partial charge in [0.2, 0.25) is 0 Å². The molecule has 0 bridgehead atoms. The third-order valence-electron chi connectivity index (χ3n) is 5.75. The minimum Gasteiger partial charge on any atom is -0.349 e. The van der Waals surface area contributed by atoms with Crippen molar-refractivity contribution in [2.75, 3.05) is 0 Å². The summed E-state index contributed by atoms with van der Waals surface area (Å²) in [5.74, 6) is 0.598. The van der Waals surface area contributed by atoms with Crippen molar-refractivity contribution in [1.29, 1.82) is 0 Å². The van der Waals surface area contributed by atoms with Gasteiger partial charge in [0.1, 0.15) is 11.3 Å². The number of pyridine rings is 1. The monoisotopic (exact) mass is 417 g/mol. The van der Waals surface area contributed by atoms with Crippen molar-refractivity contribution in [3.63, 3.8) is 0 Å². The molecule has 9 heteroatoms. The molecule has 1 N–H and O–H groups in total. The molecule has 0 radical (unpaired) electrons. The van der Waals surface area contributed by atoms with E-state index in [1.807, 2.05) is 22.8 Å². The minimum absolute atomic E-state index is 0.0229. The van der Waals surface area contributed by atoms with Crippen LogP contribution in [0.15, 0.2) is 53.7 Å². The number of nitrogens with one attached hydrogen (secondary N) is 1. The van der Waals surface area contributed by atoms with Crippen LogP contribution in [0.1, 0.15) is 34.6 Å². The largest absolute Gasteiger partial charge is 0.349 e. The molecule has 0 fully saturated rings. The second kappa shape index (κ2) is 7.82. The Labute approximate surface area is 178 Å². The molecule has 1 aliphatic rings. The fourth-order valence-corrected chi connectivity index (χ4v) is 4.08. The number of rotatable bonds is 4. The molecule has 5 rings (SSSR count). The molecule has 3 aromatic heterocycles. The van der Waals surface area contributed by atoms with Crippen molar-refractivity contribution in [3.05, 3.63) is 76.4 Å². The molecule has 0 aliphatic carbocycles. The first-order valence-corrected chi connectivity index (χ1v) is 10.4. The Morgan fingerprint density at radius 2 is 2.03 bits per heavy atom. The number of imidazole rings is 1. The van der Waals surface area contributed by atoms with Crippen LogP contribution < -0.4 is 11.0 Å². The normalized spacial score (nSPS) is 16.1. The van der Waals surface area contributed by atoms with E-state index >= 15 is 0 Å². The van der Waals surface area contributed by atoms with E-state index in [4.69, 9.17) is 0 Å². The zero-order valence-electron chi connectivity index (χ0n) is 17.2. The molecule has 1 aromatic carbocycles. The topological polar surface area (TPSA) is 99.6 Å². The first-order valence-electron chi connectivity index (χ1n) is 10.4. The van der Waals surface area contributed by atoms with Crippen molar-refractivity contribution < 1.29 is 4.79 Å². The Kier molecular flexibility index (Phi) is 4.85. The second-order valence-corrected chi connectivity index (χ2v) is 7.90. The summed E-state index contributed by atoms with van der Waals surface area (Å²) < 4.78 is 5.03. The number of hydrogen-bond acceptors (Lipinski definition) is 5. The summed E-state index contributed by atoms with van der Waals surface area (Å²) in [5.41, 5.74) is 2.97. The second-order valence-electron chi connectivity index (χ2n) is 7.90. The van der Waals surface area contributed by atoms with E-state index in [1.54, 1.807) is 30.2 Å². The number of carbonyl (C=O) groups is 1. The lowest BCUT2D eigenvalue weighted by atomic mass is 10.1. The zero-order valence-corrected chi connectivity index (χ0v) is 17.2. The third-order valence-corrected chi connectivity index (χ3v) is 5.75. The van der Waals surface area contributed by atoms with Crippen molar-refractivity contribution in [2.24, 2.45) is 7.05 Å². The average Bonchev–Trinajstić information content (AvgIpc) is 3.23. The molecule has 31 heavy (non-hydrogen) atoms. The number of aryl methyl sites for hydroxylation is 2. The smallest absolute Gasteiger partial charge is 0.345 e. The molecule has 4 aromatic rings. The summed E-state index contributed by atoms with van der Waals surface area (Å²) >= 11 is 0. The van der Waals surface area contributed by atoms with E-state index < -0.39 is 0 Å². The van der Waals surface area contributed by atoms with Crippen LogP contribution in [0.25, 0.3) is 11.2 Å². The van der Waals surface area contributed by atoms with Crippen LogP contribution in [0.2, 0.25) is 0 Å². The number of nitrogens with zero attached hydrogens (tertiary/aromatic N) is 6. The van der Waals surface area contributed by atoms with Gasteiger partial charge in [0.05, 0.1) is 18.4 Å². The number of fused-ring (bicyclic) bond motifs is 2. The van der Waals surface area contributed by atoms with Crippen LogP contribution >= 0.6 is 0 Å². The zero-order chi connectivity index (χ0) is 21.4. The summed E-state index contributed by atoms with van der Waals surface area (Å²) in [7, 11) is 1.66. The minimum atomic E-state index is -0.176. The van der Waals surface area contributed by atoms with Crippen LogP contribution in [-0.2, 0) is 26.6 Å². The van der Waals surface area contributed by atoms with E-state index in [0.717, 1.165) is 23.5 Å². The van der Waals surface area contributed by atoms with E-state index in [2.05, 4.69) is 32.5 Å². The van der Waals surface area contributed by atoms with Crippen molar-refractivity contribution in [2.45, 2.75) is 38.4 Å². The quantitative estimate of drug-likeness (QED) is 0.543.